The van der Waals surface area contributed by atoms with Crippen LogP contribution in [0.1, 0.15) is 32.6 Å². The summed E-state index contributed by atoms with van der Waals surface area (Å²) in [5.74, 6) is 0.168. The SMILES string of the molecule is CSC(C)CNC(=O)CC1(CN)CCC1. The first-order valence-corrected chi connectivity index (χ1v) is 6.90. The Morgan fingerprint density at radius 3 is 2.67 bits per heavy atom. The average molecular weight is 230 g/mol. The third-order valence-electron chi connectivity index (χ3n) is 3.37. The van der Waals surface area contributed by atoms with E-state index in [1.807, 2.05) is 0 Å². The van der Waals surface area contributed by atoms with Gasteiger partial charge in [-0.25, -0.2) is 0 Å². The zero-order valence-electron chi connectivity index (χ0n) is 9.71. The standard InChI is InChI=1S/C11H22N2OS/c1-9(15-2)7-13-10(14)6-11(8-12)4-3-5-11/h9H,3-8,12H2,1-2H3,(H,13,14). The van der Waals surface area contributed by atoms with Crippen molar-refractivity contribution in [3.05, 3.63) is 0 Å². The molecule has 1 rings (SSSR count). The van der Waals surface area contributed by atoms with Gasteiger partial charge in [0.15, 0.2) is 0 Å². The second-order valence-corrected chi connectivity index (χ2v) is 5.86. The molecule has 0 radical (unpaired) electrons. The lowest BCUT2D eigenvalue weighted by molar-refractivity contribution is -0.124. The molecule has 0 aromatic carbocycles. The molecule has 1 amide bonds. The van der Waals surface area contributed by atoms with Gasteiger partial charge in [0.25, 0.3) is 0 Å². The number of carbonyl (C=O) groups excluding carboxylic acids is 1. The van der Waals surface area contributed by atoms with Gasteiger partial charge in [-0.3, -0.25) is 4.79 Å². The molecule has 0 aliphatic heterocycles. The van der Waals surface area contributed by atoms with Crippen LogP contribution < -0.4 is 11.1 Å². The minimum atomic E-state index is 0.132. The van der Waals surface area contributed by atoms with E-state index in [2.05, 4.69) is 18.5 Å². The zero-order valence-corrected chi connectivity index (χ0v) is 10.5. The molecule has 0 aromatic heterocycles. The van der Waals surface area contributed by atoms with E-state index in [0.717, 1.165) is 19.4 Å². The molecule has 1 unspecified atom stereocenters. The van der Waals surface area contributed by atoms with Gasteiger partial charge in [0.1, 0.15) is 0 Å². The van der Waals surface area contributed by atoms with Crippen LogP contribution in [0.5, 0.6) is 0 Å². The van der Waals surface area contributed by atoms with Gasteiger partial charge in [-0.2, -0.15) is 11.8 Å². The monoisotopic (exact) mass is 230 g/mol. The molecule has 1 aliphatic carbocycles. The third-order valence-corrected chi connectivity index (χ3v) is 4.34. The Morgan fingerprint density at radius 2 is 2.27 bits per heavy atom. The van der Waals surface area contributed by atoms with Crippen LogP contribution in [0.4, 0.5) is 0 Å². The van der Waals surface area contributed by atoms with Gasteiger partial charge in [-0.1, -0.05) is 13.3 Å². The molecule has 1 fully saturated rings. The second kappa shape index (κ2) is 5.75. The summed E-state index contributed by atoms with van der Waals surface area (Å²) >= 11 is 1.77. The highest BCUT2D eigenvalue weighted by atomic mass is 32.2. The summed E-state index contributed by atoms with van der Waals surface area (Å²) in [4.78, 5) is 11.7. The molecular weight excluding hydrogens is 208 g/mol. The van der Waals surface area contributed by atoms with Crippen molar-refractivity contribution in [1.82, 2.24) is 5.32 Å². The highest BCUT2D eigenvalue weighted by Gasteiger charge is 2.37. The Labute approximate surface area is 96.6 Å². The minimum Gasteiger partial charge on any atom is -0.355 e. The highest BCUT2D eigenvalue weighted by Crippen LogP contribution is 2.42. The van der Waals surface area contributed by atoms with E-state index in [1.54, 1.807) is 11.8 Å². The first-order valence-electron chi connectivity index (χ1n) is 5.61. The Morgan fingerprint density at radius 1 is 1.60 bits per heavy atom. The Balaban J connectivity index is 2.23. The van der Waals surface area contributed by atoms with Crippen LogP contribution in [0.25, 0.3) is 0 Å². The van der Waals surface area contributed by atoms with Crippen LogP contribution in [-0.2, 0) is 4.79 Å². The fraction of sp³-hybridized carbons (Fsp3) is 0.909. The largest absolute Gasteiger partial charge is 0.355 e. The van der Waals surface area contributed by atoms with Gasteiger partial charge in [0.05, 0.1) is 0 Å². The van der Waals surface area contributed by atoms with Crippen molar-refractivity contribution in [2.24, 2.45) is 11.1 Å². The summed E-state index contributed by atoms with van der Waals surface area (Å²) in [6.07, 6.45) is 6.14. The fourth-order valence-corrected chi connectivity index (χ4v) is 2.12. The van der Waals surface area contributed by atoms with Crippen molar-refractivity contribution >= 4 is 17.7 Å². The maximum absolute atomic E-state index is 11.7. The maximum Gasteiger partial charge on any atom is 0.220 e. The molecule has 1 saturated carbocycles. The molecule has 0 spiro atoms. The molecule has 0 heterocycles. The van der Waals surface area contributed by atoms with Crippen molar-refractivity contribution in [3.8, 4) is 0 Å². The van der Waals surface area contributed by atoms with Crippen molar-refractivity contribution in [1.29, 1.82) is 0 Å². The number of nitrogens with one attached hydrogen (secondary N) is 1. The first kappa shape index (κ1) is 12.8. The maximum atomic E-state index is 11.7. The summed E-state index contributed by atoms with van der Waals surface area (Å²) in [6.45, 7) is 3.53. The van der Waals surface area contributed by atoms with Crippen LogP contribution >= 0.6 is 11.8 Å². The molecule has 1 atom stereocenters. The zero-order chi connectivity index (χ0) is 11.3. The molecule has 3 nitrogen and oxygen atoms in total. The van der Waals surface area contributed by atoms with Crippen molar-refractivity contribution in [3.63, 3.8) is 0 Å². The van der Waals surface area contributed by atoms with Gasteiger partial charge < -0.3 is 11.1 Å². The van der Waals surface area contributed by atoms with Gasteiger partial charge in [-0.15, -0.1) is 0 Å². The Kier molecular flexibility index (Phi) is 4.93. The molecule has 15 heavy (non-hydrogen) atoms. The Bertz CT molecular complexity index is 211. The van der Waals surface area contributed by atoms with Crippen LogP contribution in [0, 0.1) is 5.41 Å². The van der Waals surface area contributed by atoms with Gasteiger partial charge >= 0.3 is 0 Å². The lowest BCUT2D eigenvalue weighted by atomic mass is 9.66. The van der Waals surface area contributed by atoms with Crippen LogP contribution in [-0.4, -0.2) is 30.5 Å². The summed E-state index contributed by atoms with van der Waals surface area (Å²) in [5, 5.41) is 3.47. The van der Waals surface area contributed by atoms with Gasteiger partial charge in [0, 0.05) is 18.2 Å². The van der Waals surface area contributed by atoms with Crippen molar-refractivity contribution in [2.75, 3.05) is 19.3 Å². The van der Waals surface area contributed by atoms with Gasteiger partial charge in [0.2, 0.25) is 5.91 Å². The smallest absolute Gasteiger partial charge is 0.220 e. The number of rotatable bonds is 6. The molecular formula is C11H22N2OS. The normalized spacial score (nSPS) is 20.5. The van der Waals surface area contributed by atoms with E-state index in [4.69, 9.17) is 5.73 Å². The fourth-order valence-electron chi connectivity index (χ4n) is 1.87. The topological polar surface area (TPSA) is 55.1 Å². The highest BCUT2D eigenvalue weighted by molar-refractivity contribution is 7.99. The molecule has 3 N–H and O–H groups in total. The van der Waals surface area contributed by atoms with Crippen LogP contribution in [0.3, 0.4) is 0 Å². The van der Waals surface area contributed by atoms with E-state index in [1.165, 1.54) is 6.42 Å². The second-order valence-electron chi connectivity index (χ2n) is 4.58. The first-order chi connectivity index (χ1) is 7.12. The number of amides is 1. The number of hydrogen-bond acceptors (Lipinski definition) is 3. The summed E-state index contributed by atoms with van der Waals surface area (Å²) in [6, 6.07) is 0. The predicted octanol–water partition coefficient (Wildman–Crippen LogP) is 1.37. The number of hydrogen-bond donors (Lipinski definition) is 2. The predicted molar refractivity (Wildman–Crippen MR) is 65.9 cm³/mol. The molecule has 0 aromatic rings. The van der Waals surface area contributed by atoms with Crippen molar-refractivity contribution < 1.29 is 4.79 Å². The molecule has 4 heteroatoms. The molecule has 1 aliphatic rings. The summed E-state index contributed by atoms with van der Waals surface area (Å²) in [5.41, 5.74) is 5.85. The van der Waals surface area contributed by atoms with E-state index in [0.29, 0.717) is 18.2 Å². The lowest BCUT2D eigenvalue weighted by Crippen LogP contribution is -2.42. The number of carbonyl (C=O) groups is 1. The van der Waals surface area contributed by atoms with E-state index in [-0.39, 0.29) is 11.3 Å². The van der Waals surface area contributed by atoms with Crippen LogP contribution in [0.2, 0.25) is 0 Å². The minimum absolute atomic E-state index is 0.132. The van der Waals surface area contributed by atoms with E-state index in [9.17, 15) is 4.79 Å². The van der Waals surface area contributed by atoms with E-state index < -0.39 is 0 Å². The lowest BCUT2D eigenvalue weighted by Gasteiger charge is -2.40. The van der Waals surface area contributed by atoms with Crippen LogP contribution in [0.15, 0.2) is 0 Å². The summed E-state index contributed by atoms with van der Waals surface area (Å²) in [7, 11) is 0. The number of nitrogens with two attached hydrogens (primary N) is 1. The molecule has 0 bridgehead atoms. The van der Waals surface area contributed by atoms with E-state index >= 15 is 0 Å². The Hall–Kier alpha value is -0.220. The molecule has 0 saturated heterocycles. The molecule has 88 valence electrons. The average Bonchev–Trinajstić information content (AvgIpc) is 2.20. The van der Waals surface area contributed by atoms with Gasteiger partial charge in [-0.05, 0) is 31.1 Å². The number of thioether (sulfide) groups is 1. The van der Waals surface area contributed by atoms with Crippen molar-refractivity contribution in [2.45, 2.75) is 37.9 Å². The quantitative estimate of drug-likeness (QED) is 0.724. The summed E-state index contributed by atoms with van der Waals surface area (Å²) < 4.78 is 0. The third kappa shape index (κ3) is 3.68.